The van der Waals surface area contributed by atoms with Gasteiger partial charge in [0.1, 0.15) is 0 Å². The SMILES string of the molecule is [O]CN1C(=O)CCC1=O. The van der Waals surface area contributed by atoms with Crippen LogP contribution in [0.4, 0.5) is 0 Å². The van der Waals surface area contributed by atoms with E-state index >= 15 is 0 Å². The predicted molar refractivity (Wildman–Crippen MR) is 26.6 cm³/mol. The first kappa shape index (κ1) is 6.22. The summed E-state index contributed by atoms with van der Waals surface area (Å²) < 4.78 is 0. The Balaban J connectivity index is 2.66. The highest BCUT2D eigenvalue weighted by Crippen LogP contribution is 2.09. The number of carbonyl (C=O) groups excluding carboxylic acids is 2. The predicted octanol–water partition coefficient (Wildman–Crippen LogP) is -0.477. The van der Waals surface area contributed by atoms with Crippen molar-refractivity contribution in [2.24, 2.45) is 0 Å². The summed E-state index contributed by atoms with van der Waals surface area (Å²) in [6.07, 6.45) is 0.419. The number of nitrogens with zero attached hydrogens (tertiary/aromatic N) is 1. The van der Waals surface area contributed by atoms with E-state index in [-0.39, 0.29) is 24.7 Å². The van der Waals surface area contributed by atoms with Crippen LogP contribution in [0.1, 0.15) is 12.8 Å². The monoisotopic (exact) mass is 128 g/mol. The van der Waals surface area contributed by atoms with Crippen LogP contribution in [-0.4, -0.2) is 23.4 Å². The first-order chi connectivity index (χ1) is 4.25. The molecule has 4 heteroatoms. The molecule has 1 heterocycles. The van der Waals surface area contributed by atoms with Crippen LogP contribution in [0.15, 0.2) is 0 Å². The Kier molecular flexibility index (Phi) is 1.48. The van der Waals surface area contributed by atoms with Gasteiger partial charge in [0.15, 0.2) is 6.73 Å². The number of hydrogen-bond donors (Lipinski definition) is 0. The maximum absolute atomic E-state index is 10.5. The number of carbonyl (C=O) groups is 2. The lowest BCUT2D eigenvalue weighted by atomic mass is 10.4. The van der Waals surface area contributed by atoms with Gasteiger partial charge in [-0.05, 0) is 0 Å². The third-order valence-corrected chi connectivity index (χ3v) is 1.28. The van der Waals surface area contributed by atoms with Gasteiger partial charge in [-0.3, -0.25) is 14.5 Å². The van der Waals surface area contributed by atoms with E-state index < -0.39 is 6.73 Å². The summed E-state index contributed by atoms with van der Waals surface area (Å²) in [4.78, 5) is 21.8. The van der Waals surface area contributed by atoms with Crippen LogP contribution < -0.4 is 0 Å². The van der Waals surface area contributed by atoms with Gasteiger partial charge in [-0.15, -0.1) is 0 Å². The lowest BCUT2D eigenvalue weighted by molar-refractivity contribution is -0.144. The summed E-state index contributed by atoms with van der Waals surface area (Å²) in [5.74, 6) is -0.676. The van der Waals surface area contributed by atoms with Gasteiger partial charge in [-0.1, -0.05) is 0 Å². The van der Waals surface area contributed by atoms with Crippen molar-refractivity contribution in [1.29, 1.82) is 0 Å². The minimum atomic E-state index is -0.725. The standard InChI is InChI=1S/C5H6NO3/c7-3-6-4(8)1-2-5(6)9/h1-3H2. The Morgan fingerprint density at radius 1 is 1.22 bits per heavy atom. The van der Waals surface area contributed by atoms with Gasteiger partial charge in [0.05, 0.1) is 0 Å². The van der Waals surface area contributed by atoms with Gasteiger partial charge >= 0.3 is 0 Å². The molecular formula is C5H6NO3. The lowest BCUT2D eigenvalue weighted by Gasteiger charge is -2.05. The van der Waals surface area contributed by atoms with E-state index in [2.05, 4.69) is 0 Å². The number of likely N-dealkylation sites (tertiary alicyclic amines) is 1. The summed E-state index contributed by atoms with van der Waals surface area (Å²) in [6, 6.07) is 0. The summed E-state index contributed by atoms with van der Waals surface area (Å²) in [6.45, 7) is -0.725. The Hall–Kier alpha value is -0.900. The van der Waals surface area contributed by atoms with Gasteiger partial charge in [0, 0.05) is 12.8 Å². The fraction of sp³-hybridized carbons (Fsp3) is 0.600. The third-order valence-electron chi connectivity index (χ3n) is 1.28. The zero-order chi connectivity index (χ0) is 6.85. The summed E-state index contributed by atoms with van der Waals surface area (Å²) in [7, 11) is 0. The van der Waals surface area contributed by atoms with Crippen molar-refractivity contribution in [2.75, 3.05) is 6.73 Å². The molecule has 49 valence electrons. The second kappa shape index (κ2) is 2.14. The van der Waals surface area contributed by atoms with Gasteiger partial charge in [-0.25, -0.2) is 5.11 Å². The smallest absolute Gasteiger partial charge is 0.231 e. The average Bonchev–Trinajstić information content (AvgIpc) is 2.12. The quantitative estimate of drug-likeness (QED) is 0.448. The highest BCUT2D eigenvalue weighted by Gasteiger charge is 2.27. The molecule has 0 aromatic carbocycles. The molecule has 1 aliphatic heterocycles. The van der Waals surface area contributed by atoms with E-state index in [0.29, 0.717) is 0 Å². The van der Waals surface area contributed by atoms with E-state index in [0.717, 1.165) is 4.90 Å². The molecule has 0 spiro atoms. The minimum absolute atomic E-state index is 0.209. The molecule has 0 unspecified atom stereocenters. The van der Waals surface area contributed by atoms with E-state index in [1.165, 1.54) is 0 Å². The molecule has 0 aromatic heterocycles. The molecule has 0 atom stereocenters. The number of rotatable bonds is 1. The largest absolute Gasteiger partial charge is 0.274 e. The van der Waals surface area contributed by atoms with Gasteiger partial charge in [0.25, 0.3) is 0 Å². The van der Waals surface area contributed by atoms with Crippen molar-refractivity contribution < 1.29 is 14.7 Å². The molecular weight excluding hydrogens is 122 g/mol. The van der Waals surface area contributed by atoms with Gasteiger partial charge in [0.2, 0.25) is 11.8 Å². The van der Waals surface area contributed by atoms with E-state index in [4.69, 9.17) is 0 Å². The Morgan fingerprint density at radius 2 is 1.67 bits per heavy atom. The summed E-state index contributed by atoms with van der Waals surface area (Å²) in [5, 5.41) is 10.0. The molecule has 1 saturated heterocycles. The molecule has 0 bridgehead atoms. The van der Waals surface area contributed by atoms with Crippen LogP contribution in [0, 0.1) is 0 Å². The van der Waals surface area contributed by atoms with Crippen molar-refractivity contribution in [3.63, 3.8) is 0 Å². The van der Waals surface area contributed by atoms with Crippen LogP contribution >= 0.6 is 0 Å². The van der Waals surface area contributed by atoms with Crippen molar-refractivity contribution in [1.82, 2.24) is 4.90 Å². The van der Waals surface area contributed by atoms with Gasteiger partial charge in [-0.2, -0.15) is 0 Å². The second-order valence-corrected chi connectivity index (χ2v) is 1.84. The molecule has 2 amide bonds. The second-order valence-electron chi connectivity index (χ2n) is 1.84. The molecule has 1 fully saturated rings. The third kappa shape index (κ3) is 0.929. The highest BCUT2D eigenvalue weighted by molar-refractivity contribution is 6.01. The molecule has 0 aliphatic carbocycles. The number of hydrogen-bond acceptors (Lipinski definition) is 2. The van der Waals surface area contributed by atoms with Gasteiger partial charge < -0.3 is 0 Å². The minimum Gasteiger partial charge on any atom is -0.274 e. The summed E-state index contributed by atoms with van der Waals surface area (Å²) >= 11 is 0. The Labute approximate surface area is 52.1 Å². The maximum Gasteiger partial charge on any atom is 0.231 e. The Morgan fingerprint density at radius 3 is 1.89 bits per heavy atom. The molecule has 0 saturated carbocycles. The first-order valence-electron chi connectivity index (χ1n) is 2.67. The number of imide groups is 1. The van der Waals surface area contributed by atoms with Crippen molar-refractivity contribution in [3.8, 4) is 0 Å². The molecule has 0 N–H and O–H groups in total. The van der Waals surface area contributed by atoms with Crippen LogP contribution in [0.2, 0.25) is 0 Å². The molecule has 1 aliphatic rings. The Bertz CT molecular complexity index is 138. The number of amides is 2. The molecule has 4 nitrogen and oxygen atoms in total. The maximum atomic E-state index is 10.5. The normalized spacial score (nSPS) is 19.4. The van der Waals surface area contributed by atoms with Crippen LogP contribution in [0.5, 0.6) is 0 Å². The molecule has 0 aromatic rings. The van der Waals surface area contributed by atoms with E-state index in [9.17, 15) is 14.7 Å². The summed E-state index contributed by atoms with van der Waals surface area (Å²) in [5.41, 5.74) is 0. The molecule has 1 radical (unpaired) electrons. The van der Waals surface area contributed by atoms with Crippen LogP contribution in [0.3, 0.4) is 0 Å². The fourth-order valence-electron chi connectivity index (χ4n) is 0.767. The fourth-order valence-corrected chi connectivity index (χ4v) is 0.767. The highest BCUT2D eigenvalue weighted by atomic mass is 16.3. The van der Waals surface area contributed by atoms with E-state index in [1.807, 2.05) is 0 Å². The van der Waals surface area contributed by atoms with Crippen LogP contribution in [-0.2, 0) is 14.7 Å². The zero-order valence-electron chi connectivity index (χ0n) is 4.79. The van der Waals surface area contributed by atoms with Crippen molar-refractivity contribution in [3.05, 3.63) is 0 Å². The lowest BCUT2D eigenvalue weighted by Crippen LogP contribution is -2.28. The zero-order valence-corrected chi connectivity index (χ0v) is 4.79. The van der Waals surface area contributed by atoms with Crippen molar-refractivity contribution in [2.45, 2.75) is 12.8 Å². The first-order valence-corrected chi connectivity index (χ1v) is 2.67. The molecule has 9 heavy (non-hydrogen) atoms. The topological polar surface area (TPSA) is 57.3 Å². The molecule has 1 rings (SSSR count). The average molecular weight is 128 g/mol. The van der Waals surface area contributed by atoms with Crippen molar-refractivity contribution >= 4 is 11.8 Å². The van der Waals surface area contributed by atoms with E-state index in [1.54, 1.807) is 0 Å². The van der Waals surface area contributed by atoms with Crippen LogP contribution in [0.25, 0.3) is 0 Å².